The van der Waals surface area contributed by atoms with Crippen molar-refractivity contribution in [1.29, 1.82) is 0 Å². The molecule has 0 heterocycles. The lowest BCUT2D eigenvalue weighted by atomic mass is 9.78. The van der Waals surface area contributed by atoms with Crippen molar-refractivity contribution in [3.63, 3.8) is 0 Å². The van der Waals surface area contributed by atoms with E-state index < -0.39 is 0 Å². The number of carbonyl (C=O) groups excluding carboxylic acids is 1. The molecule has 2 rings (SSSR count). The lowest BCUT2D eigenvalue weighted by molar-refractivity contribution is -0.150. The second-order valence-corrected chi connectivity index (χ2v) is 25.3. The zero-order chi connectivity index (χ0) is 47.8. The van der Waals surface area contributed by atoms with Gasteiger partial charge in [-0.3, -0.25) is 4.79 Å². The number of methoxy groups -OCH3 is 1. The van der Waals surface area contributed by atoms with E-state index in [1.807, 2.05) is 7.05 Å². The third-order valence-electron chi connectivity index (χ3n) is 15.1. The molecule has 0 spiro atoms. The molecular formula is C58H113NO3S3. The van der Waals surface area contributed by atoms with Crippen molar-refractivity contribution in [2.45, 2.75) is 257 Å². The Hall–Kier alpha value is 0.180. The predicted octanol–water partition coefficient (Wildman–Crippen LogP) is 18.1. The largest absolute Gasteiger partial charge is 0.465 e. The van der Waals surface area contributed by atoms with Gasteiger partial charge in [0.1, 0.15) is 0 Å². The molecule has 7 heteroatoms. The Morgan fingerprint density at radius 3 is 1.75 bits per heavy atom. The van der Waals surface area contributed by atoms with Gasteiger partial charge in [0.25, 0.3) is 0 Å². The van der Waals surface area contributed by atoms with Crippen molar-refractivity contribution < 1.29 is 14.3 Å². The van der Waals surface area contributed by atoms with Gasteiger partial charge in [-0.25, -0.2) is 0 Å². The molecule has 0 aromatic rings. The Bertz CT molecular complexity index is 1070. The lowest BCUT2D eigenvalue weighted by Gasteiger charge is -2.36. The average Bonchev–Trinajstić information content (AvgIpc) is 3.30. The van der Waals surface area contributed by atoms with Crippen molar-refractivity contribution >= 4 is 41.3 Å². The van der Waals surface area contributed by atoms with E-state index in [-0.39, 0.29) is 11.9 Å². The fourth-order valence-corrected chi connectivity index (χ4v) is 14.3. The summed E-state index contributed by atoms with van der Waals surface area (Å²) >= 11 is 6.51. The van der Waals surface area contributed by atoms with E-state index >= 15 is 0 Å². The van der Waals surface area contributed by atoms with Crippen LogP contribution in [0.15, 0.2) is 12.2 Å². The second-order valence-electron chi connectivity index (χ2n) is 21.1. The summed E-state index contributed by atoms with van der Waals surface area (Å²) in [5.41, 5.74) is 0. The summed E-state index contributed by atoms with van der Waals surface area (Å²) in [5, 5.41) is 5.60. The number of allylic oxidation sites excluding steroid dienone is 2. The Kier molecular flexibility index (Phi) is 42.9. The van der Waals surface area contributed by atoms with Crippen LogP contribution in [0.4, 0.5) is 0 Å². The monoisotopic (exact) mass is 968 g/mol. The van der Waals surface area contributed by atoms with E-state index in [4.69, 9.17) is 9.47 Å². The van der Waals surface area contributed by atoms with Crippen LogP contribution >= 0.6 is 35.3 Å². The Labute approximate surface area is 420 Å². The molecule has 0 aromatic heterocycles. The van der Waals surface area contributed by atoms with Gasteiger partial charge in [-0.1, -0.05) is 170 Å². The molecule has 0 amide bonds. The van der Waals surface area contributed by atoms with E-state index in [0.717, 1.165) is 84.2 Å². The molecule has 2 fully saturated rings. The molecule has 0 bridgehead atoms. The maximum atomic E-state index is 13.1. The third kappa shape index (κ3) is 33.4. The molecule has 9 atom stereocenters. The molecule has 9 unspecified atom stereocenters. The second kappa shape index (κ2) is 44.1. The Morgan fingerprint density at radius 1 is 0.677 bits per heavy atom. The van der Waals surface area contributed by atoms with Crippen LogP contribution in [0.25, 0.3) is 0 Å². The highest BCUT2D eigenvalue weighted by molar-refractivity contribution is 8.00. The van der Waals surface area contributed by atoms with Gasteiger partial charge in [0, 0.05) is 41.8 Å². The molecule has 0 radical (unpaired) electrons. The minimum Gasteiger partial charge on any atom is -0.465 e. The van der Waals surface area contributed by atoms with Crippen LogP contribution in [0.1, 0.15) is 242 Å². The molecule has 1 N–H and O–H groups in total. The van der Waals surface area contributed by atoms with E-state index in [2.05, 4.69) is 108 Å². The van der Waals surface area contributed by atoms with Gasteiger partial charge >= 0.3 is 5.97 Å². The number of rotatable bonds is 40. The lowest BCUT2D eigenvalue weighted by Crippen LogP contribution is -2.33. The van der Waals surface area contributed by atoms with Crippen LogP contribution in [0.2, 0.25) is 0 Å². The first kappa shape index (κ1) is 63.2. The van der Waals surface area contributed by atoms with E-state index in [1.165, 1.54) is 178 Å². The minimum atomic E-state index is 0.0914. The van der Waals surface area contributed by atoms with E-state index in [9.17, 15) is 4.79 Å². The first-order valence-electron chi connectivity index (χ1n) is 28.4. The summed E-state index contributed by atoms with van der Waals surface area (Å²) in [4.78, 5) is 13.1. The number of ether oxygens (including phenoxy) is 2. The number of unbranched alkanes of at least 4 members (excludes halogenated alkanes) is 17. The average molecular weight is 969 g/mol. The number of hydrogen-bond acceptors (Lipinski definition) is 7. The number of thioether (sulfide) groups is 3. The number of carbonyl (C=O) groups is 1. The van der Waals surface area contributed by atoms with Crippen LogP contribution in [-0.4, -0.2) is 72.9 Å². The molecule has 2 saturated carbocycles. The van der Waals surface area contributed by atoms with Gasteiger partial charge in [-0.05, 0) is 138 Å². The standard InChI is InChI=1S/C45H89NO3S2.C13H24S/c1-8-50-43(40(5)28-27-39(4)38(2)3)32-31-41-29-30-42(37-44(41)51-36-33-46-6)45(47)49-35-26-24-22-20-18-16-14-12-10-9-11-13-15-17-19-21-23-25-34-48-7;1-4-6-12-8-7-11(3)13(10-12)14-9-5-2/h38-44,46H,8-37H2,1-7H3;4,6,11-13H,5,7-10H2,1-3H3/b;6-4+. The summed E-state index contributed by atoms with van der Waals surface area (Å²) in [5.74, 6) is 8.80. The van der Waals surface area contributed by atoms with Crippen LogP contribution < -0.4 is 5.32 Å². The van der Waals surface area contributed by atoms with Gasteiger partial charge in [0.2, 0.25) is 0 Å². The zero-order valence-corrected chi connectivity index (χ0v) is 47.6. The van der Waals surface area contributed by atoms with E-state index in [0.29, 0.717) is 11.9 Å². The van der Waals surface area contributed by atoms with Gasteiger partial charge < -0.3 is 14.8 Å². The third-order valence-corrected chi connectivity index (χ3v) is 19.8. The molecular weight excluding hydrogens is 855 g/mol. The zero-order valence-electron chi connectivity index (χ0n) is 45.1. The highest BCUT2D eigenvalue weighted by Crippen LogP contribution is 2.42. The highest BCUT2D eigenvalue weighted by Gasteiger charge is 2.35. The van der Waals surface area contributed by atoms with Crippen molar-refractivity contribution in [2.24, 2.45) is 41.4 Å². The maximum absolute atomic E-state index is 13.1. The van der Waals surface area contributed by atoms with Crippen molar-refractivity contribution in [3.8, 4) is 0 Å². The summed E-state index contributed by atoms with van der Waals surface area (Å²) in [7, 11) is 3.85. The summed E-state index contributed by atoms with van der Waals surface area (Å²) in [6.07, 6.45) is 43.1. The van der Waals surface area contributed by atoms with Crippen molar-refractivity contribution in [2.75, 3.05) is 51.2 Å². The van der Waals surface area contributed by atoms with Crippen LogP contribution in [0.5, 0.6) is 0 Å². The Balaban J connectivity index is 0.00000127. The normalized spacial score (nSPS) is 22.8. The summed E-state index contributed by atoms with van der Waals surface area (Å²) in [6.45, 7) is 21.4. The summed E-state index contributed by atoms with van der Waals surface area (Å²) < 4.78 is 11.0. The molecule has 4 nitrogen and oxygen atoms in total. The number of nitrogens with one attached hydrogen (secondary N) is 1. The molecule has 0 saturated heterocycles. The van der Waals surface area contributed by atoms with Crippen molar-refractivity contribution in [1.82, 2.24) is 5.32 Å². The highest BCUT2D eigenvalue weighted by atomic mass is 32.2. The van der Waals surface area contributed by atoms with Crippen LogP contribution in [-0.2, 0) is 14.3 Å². The Morgan fingerprint density at radius 2 is 1.23 bits per heavy atom. The van der Waals surface area contributed by atoms with Gasteiger partial charge in [-0.15, -0.1) is 0 Å². The fourth-order valence-electron chi connectivity index (χ4n) is 10.1. The van der Waals surface area contributed by atoms with Crippen LogP contribution in [0, 0.1) is 41.4 Å². The first-order valence-corrected chi connectivity index (χ1v) is 31.5. The smallest absolute Gasteiger partial charge is 0.308 e. The molecule has 2 aliphatic carbocycles. The molecule has 65 heavy (non-hydrogen) atoms. The quantitative estimate of drug-likeness (QED) is 0.0373. The maximum Gasteiger partial charge on any atom is 0.308 e. The van der Waals surface area contributed by atoms with Crippen LogP contribution in [0.3, 0.4) is 0 Å². The molecule has 0 aromatic carbocycles. The van der Waals surface area contributed by atoms with Crippen molar-refractivity contribution in [3.05, 3.63) is 12.2 Å². The summed E-state index contributed by atoms with van der Waals surface area (Å²) in [6, 6.07) is 0. The van der Waals surface area contributed by atoms with E-state index in [1.54, 1.807) is 7.11 Å². The topological polar surface area (TPSA) is 47.6 Å². The number of hydrogen-bond donors (Lipinski definition) is 1. The molecule has 2 aliphatic rings. The first-order chi connectivity index (χ1) is 31.6. The number of esters is 1. The van der Waals surface area contributed by atoms with Gasteiger partial charge in [0.15, 0.2) is 0 Å². The minimum absolute atomic E-state index is 0.0914. The SMILES string of the molecule is C/C=C/C1CCC(C)C(SCCC)C1.CCSC(CCC1CCC(C(=O)OCCCCCCCCCCCCCCCCCCCCOC)CC1SCCNC)C(C)CCC(C)C(C)C. The fraction of sp³-hybridized carbons (Fsp3) is 0.948. The molecule has 0 aliphatic heterocycles. The predicted molar refractivity (Wildman–Crippen MR) is 298 cm³/mol. The molecule has 386 valence electrons. The van der Waals surface area contributed by atoms with Gasteiger partial charge in [0.05, 0.1) is 12.5 Å². The van der Waals surface area contributed by atoms with Gasteiger partial charge in [-0.2, -0.15) is 35.3 Å².